The molecule has 0 saturated carbocycles. The van der Waals surface area contributed by atoms with E-state index in [0.29, 0.717) is 0 Å². The summed E-state index contributed by atoms with van der Waals surface area (Å²) in [5.74, 6) is 0. The normalized spacial score (nSPS) is 10.8. The zero-order chi connectivity index (χ0) is 10.0. The number of hydrogen-bond donors (Lipinski definition) is 2. The van der Waals surface area contributed by atoms with Gasteiger partial charge in [0.05, 0.1) is 3.70 Å². The SMILES string of the molecule is NCc1cc(C(F)F)c(I)[nH]c1=O. The molecule has 1 aromatic rings. The number of rotatable bonds is 2. The first-order chi connectivity index (χ1) is 6.06. The maximum atomic E-state index is 12.3. The van der Waals surface area contributed by atoms with Crippen LogP contribution in [0.1, 0.15) is 17.6 Å². The topological polar surface area (TPSA) is 58.9 Å². The minimum atomic E-state index is -2.59. The molecule has 0 amide bonds. The van der Waals surface area contributed by atoms with Gasteiger partial charge in [0.2, 0.25) is 0 Å². The highest BCUT2D eigenvalue weighted by atomic mass is 127. The van der Waals surface area contributed by atoms with Gasteiger partial charge in [0.25, 0.3) is 12.0 Å². The Morgan fingerprint density at radius 1 is 1.62 bits per heavy atom. The minimum Gasteiger partial charge on any atom is -0.326 e. The van der Waals surface area contributed by atoms with Crippen molar-refractivity contribution in [1.29, 1.82) is 0 Å². The number of pyridine rings is 1. The van der Waals surface area contributed by atoms with Crippen molar-refractivity contribution < 1.29 is 8.78 Å². The van der Waals surface area contributed by atoms with E-state index in [0.717, 1.165) is 6.07 Å². The Bertz CT molecular complexity index is 364. The molecule has 3 N–H and O–H groups in total. The smallest absolute Gasteiger partial charge is 0.266 e. The van der Waals surface area contributed by atoms with Crippen molar-refractivity contribution in [3.05, 3.63) is 31.2 Å². The summed E-state index contributed by atoms with van der Waals surface area (Å²) in [6, 6.07) is 1.14. The van der Waals surface area contributed by atoms with Crippen LogP contribution >= 0.6 is 22.6 Å². The number of alkyl halides is 2. The fourth-order valence-corrected chi connectivity index (χ4v) is 1.52. The summed E-state index contributed by atoms with van der Waals surface area (Å²) >= 11 is 1.66. The molecule has 0 saturated heterocycles. The first kappa shape index (κ1) is 10.6. The molecule has 0 aliphatic heterocycles. The van der Waals surface area contributed by atoms with E-state index >= 15 is 0 Å². The van der Waals surface area contributed by atoms with Gasteiger partial charge in [0, 0.05) is 17.7 Å². The molecular formula is C7H7F2IN2O. The van der Waals surface area contributed by atoms with Crippen LogP contribution in [0.5, 0.6) is 0 Å². The molecule has 1 rings (SSSR count). The quantitative estimate of drug-likeness (QED) is 0.640. The second-order valence-electron chi connectivity index (χ2n) is 2.40. The van der Waals surface area contributed by atoms with Crippen LogP contribution in [0.25, 0.3) is 0 Å². The van der Waals surface area contributed by atoms with Crippen LogP contribution in [0.2, 0.25) is 0 Å². The maximum Gasteiger partial charge on any atom is 0.266 e. The first-order valence-corrected chi connectivity index (χ1v) is 4.54. The molecule has 6 heteroatoms. The number of H-pyrrole nitrogens is 1. The lowest BCUT2D eigenvalue weighted by Crippen LogP contribution is -2.18. The molecule has 0 aliphatic rings. The van der Waals surface area contributed by atoms with E-state index in [1.54, 1.807) is 22.6 Å². The molecule has 0 spiro atoms. The van der Waals surface area contributed by atoms with E-state index in [1.165, 1.54) is 0 Å². The van der Waals surface area contributed by atoms with Crippen LogP contribution in [0.4, 0.5) is 8.78 Å². The van der Waals surface area contributed by atoms with Gasteiger partial charge in [0.1, 0.15) is 0 Å². The summed E-state index contributed by atoms with van der Waals surface area (Å²) < 4.78 is 24.8. The number of hydrogen-bond acceptors (Lipinski definition) is 2. The summed E-state index contributed by atoms with van der Waals surface area (Å²) in [6.07, 6.45) is -2.59. The number of nitrogens with one attached hydrogen (secondary N) is 1. The average Bonchev–Trinajstić information content (AvgIpc) is 2.03. The van der Waals surface area contributed by atoms with Gasteiger partial charge in [-0.25, -0.2) is 8.78 Å². The molecule has 0 aromatic carbocycles. The molecule has 72 valence electrons. The Hall–Kier alpha value is -0.500. The molecule has 0 unspecified atom stereocenters. The highest BCUT2D eigenvalue weighted by Crippen LogP contribution is 2.22. The molecular weight excluding hydrogens is 293 g/mol. The Labute approximate surface area is 86.5 Å². The van der Waals surface area contributed by atoms with Crippen LogP contribution in [0.3, 0.4) is 0 Å². The average molecular weight is 300 g/mol. The number of nitrogens with two attached hydrogens (primary N) is 1. The van der Waals surface area contributed by atoms with Gasteiger partial charge in [-0.2, -0.15) is 0 Å². The van der Waals surface area contributed by atoms with Gasteiger partial charge in [-0.3, -0.25) is 4.79 Å². The summed E-state index contributed by atoms with van der Waals surface area (Å²) in [6.45, 7) is -0.0357. The summed E-state index contributed by atoms with van der Waals surface area (Å²) in [4.78, 5) is 13.4. The molecule has 0 bridgehead atoms. The van der Waals surface area contributed by atoms with E-state index in [1.807, 2.05) is 0 Å². The maximum absolute atomic E-state index is 12.3. The first-order valence-electron chi connectivity index (χ1n) is 3.46. The second kappa shape index (κ2) is 4.14. The lowest BCUT2D eigenvalue weighted by atomic mass is 10.2. The predicted molar refractivity (Wildman–Crippen MR) is 52.6 cm³/mol. The molecule has 13 heavy (non-hydrogen) atoms. The van der Waals surface area contributed by atoms with E-state index in [9.17, 15) is 13.6 Å². The van der Waals surface area contributed by atoms with Crippen LogP contribution in [0.15, 0.2) is 10.9 Å². The molecule has 0 atom stereocenters. The van der Waals surface area contributed by atoms with Crippen molar-refractivity contribution in [1.82, 2.24) is 4.98 Å². The third kappa shape index (κ3) is 2.25. The minimum absolute atomic E-state index is 0.0357. The number of aromatic nitrogens is 1. The highest BCUT2D eigenvalue weighted by molar-refractivity contribution is 14.1. The number of halogens is 3. The van der Waals surface area contributed by atoms with E-state index < -0.39 is 12.0 Å². The third-order valence-electron chi connectivity index (χ3n) is 1.55. The van der Waals surface area contributed by atoms with Gasteiger partial charge in [-0.05, 0) is 28.7 Å². The summed E-state index contributed by atoms with van der Waals surface area (Å²) in [5, 5.41) is 0. The lowest BCUT2D eigenvalue weighted by molar-refractivity contribution is 0.149. The van der Waals surface area contributed by atoms with E-state index in [2.05, 4.69) is 4.98 Å². The van der Waals surface area contributed by atoms with Crippen molar-refractivity contribution in [2.24, 2.45) is 5.73 Å². The predicted octanol–water partition coefficient (Wildman–Crippen LogP) is 1.38. The van der Waals surface area contributed by atoms with Crippen molar-refractivity contribution >= 4 is 22.6 Å². The molecule has 0 radical (unpaired) electrons. The Morgan fingerprint density at radius 2 is 2.23 bits per heavy atom. The van der Waals surface area contributed by atoms with Crippen LogP contribution in [-0.4, -0.2) is 4.98 Å². The van der Waals surface area contributed by atoms with Crippen LogP contribution < -0.4 is 11.3 Å². The van der Waals surface area contributed by atoms with Crippen molar-refractivity contribution in [3.63, 3.8) is 0 Å². The van der Waals surface area contributed by atoms with E-state index in [-0.39, 0.29) is 21.4 Å². The second-order valence-corrected chi connectivity index (χ2v) is 3.48. The van der Waals surface area contributed by atoms with Gasteiger partial charge in [0.15, 0.2) is 0 Å². The molecule has 1 heterocycles. The largest absolute Gasteiger partial charge is 0.326 e. The molecule has 1 aromatic heterocycles. The summed E-state index contributed by atoms with van der Waals surface area (Å²) in [7, 11) is 0. The molecule has 0 aliphatic carbocycles. The zero-order valence-corrected chi connectivity index (χ0v) is 8.64. The fraction of sp³-hybridized carbons (Fsp3) is 0.286. The number of aromatic amines is 1. The van der Waals surface area contributed by atoms with Crippen LogP contribution in [-0.2, 0) is 6.54 Å². The highest BCUT2D eigenvalue weighted by Gasteiger charge is 2.13. The molecule has 0 fully saturated rings. The third-order valence-corrected chi connectivity index (χ3v) is 2.45. The van der Waals surface area contributed by atoms with Crippen LogP contribution in [0, 0.1) is 3.70 Å². The van der Waals surface area contributed by atoms with Gasteiger partial charge >= 0.3 is 0 Å². The monoisotopic (exact) mass is 300 g/mol. The standard InChI is InChI=1S/C7H7F2IN2O/c8-5(9)4-1-3(2-11)7(13)12-6(4)10/h1,5H,2,11H2,(H,12,13). The fourth-order valence-electron chi connectivity index (χ4n) is 0.879. The Balaban J connectivity index is 3.31. The summed E-state index contributed by atoms with van der Waals surface area (Å²) in [5.41, 5.74) is 4.79. The van der Waals surface area contributed by atoms with Crippen molar-refractivity contribution in [2.75, 3.05) is 0 Å². The van der Waals surface area contributed by atoms with Gasteiger partial charge in [-0.15, -0.1) is 0 Å². The lowest BCUT2D eigenvalue weighted by Gasteiger charge is -2.04. The zero-order valence-electron chi connectivity index (χ0n) is 6.48. The van der Waals surface area contributed by atoms with Crippen molar-refractivity contribution in [3.8, 4) is 0 Å². The Morgan fingerprint density at radius 3 is 2.69 bits per heavy atom. The van der Waals surface area contributed by atoms with Gasteiger partial charge < -0.3 is 10.7 Å². The van der Waals surface area contributed by atoms with E-state index in [4.69, 9.17) is 5.73 Å². The van der Waals surface area contributed by atoms with Crippen molar-refractivity contribution in [2.45, 2.75) is 13.0 Å². The Kier molecular flexibility index (Phi) is 3.37. The van der Waals surface area contributed by atoms with Gasteiger partial charge in [-0.1, -0.05) is 0 Å². The molecule has 3 nitrogen and oxygen atoms in total.